The second-order valence-corrected chi connectivity index (χ2v) is 10.7. The van der Waals surface area contributed by atoms with Gasteiger partial charge in [0, 0.05) is 38.9 Å². The zero-order valence-corrected chi connectivity index (χ0v) is 20.2. The molecule has 0 saturated carbocycles. The molecule has 0 atom stereocenters. The van der Waals surface area contributed by atoms with Gasteiger partial charge in [-0.15, -0.1) is 0 Å². The third kappa shape index (κ3) is 4.23. The van der Waals surface area contributed by atoms with Gasteiger partial charge in [0.2, 0.25) is 0 Å². The quantitative estimate of drug-likeness (QED) is 0.548. The number of sulfonamides is 1. The molecule has 3 heterocycles. The number of nitrogens with zero attached hydrogens (tertiary/aromatic N) is 4. The topological polar surface area (TPSA) is 73.8 Å². The van der Waals surface area contributed by atoms with Crippen molar-refractivity contribution >= 4 is 39.0 Å². The molecule has 1 fully saturated rings. The van der Waals surface area contributed by atoms with Gasteiger partial charge in [0.15, 0.2) is 0 Å². The molecule has 1 amide bonds. The summed E-state index contributed by atoms with van der Waals surface area (Å²) in [7, 11) is -3.84. The number of aromatic nitrogens is 1. The van der Waals surface area contributed by atoms with Crippen LogP contribution in [0.2, 0.25) is 5.02 Å². The van der Waals surface area contributed by atoms with Crippen molar-refractivity contribution < 1.29 is 13.2 Å². The smallest absolute Gasteiger partial charge is 0.264 e. The fourth-order valence-corrected chi connectivity index (χ4v) is 6.32. The number of amides is 1. The first kappa shape index (κ1) is 22.7. The average molecular weight is 497 g/mol. The van der Waals surface area contributed by atoms with Gasteiger partial charge in [-0.3, -0.25) is 9.10 Å². The van der Waals surface area contributed by atoms with Gasteiger partial charge in [0.05, 0.1) is 21.2 Å². The summed E-state index contributed by atoms with van der Waals surface area (Å²) in [4.78, 5) is 21.6. The summed E-state index contributed by atoms with van der Waals surface area (Å²) in [5.74, 6) is 0.615. The zero-order valence-electron chi connectivity index (χ0n) is 18.6. The molecule has 0 bridgehead atoms. The Morgan fingerprint density at radius 2 is 1.68 bits per heavy atom. The van der Waals surface area contributed by atoms with Crippen LogP contribution < -0.4 is 9.21 Å². The summed E-state index contributed by atoms with van der Waals surface area (Å²) in [6.45, 7) is 2.69. The van der Waals surface area contributed by atoms with Gasteiger partial charge in [-0.1, -0.05) is 35.9 Å². The molecule has 2 aliphatic heterocycles. The first-order valence-electron chi connectivity index (χ1n) is 11.3. The van der Waals surface area contributed by atoms with Gasteiger partial charge in [-0.25, -0.2) is 13.4 Å². The predicted octanol–water partition coefficient (Wildman–Crippen LogP) is 3.84. The van der Waals surface area contributed by atoms with E-state index in [1.165, 1.54) is 22.5 Å². The van der Waals surface area contributed by atoms with Crippen molar-refractivity contribution in [2.45, 2.75) is 17.7 Å². The Morgan fingerprint density at radius 1 is 0.912 bits per heavy atom. The number of pyridine rings is 1. The number of rotatable bonds is 4. The van der Waals surface area contributed by atoms with E-state index in [0.29, 0.717) is 38.4 Å². The summed E-state index contributed by atoms with van der Waals surface area (Å²) in [6.07, 6.45) is 3.34. The van der Waals surface area contributed by atoms with Crippen molar-refractivity contribution in [3.05, 3.63) is 83.0 Å². The number of carbonyl (C=O) groups excluding carboxylic acids is 1. The molecule has 7 nitrogen and oxygen atoms in total. The molecule has 2 aromatic carbocycles. The van der Waals surface area contributed by atoms with Crippen LogP contribution in [0, 0.1) is 0 Å². The standard InChI is InChI=1S/C25H25ClN4O3S/c26-22-11-10-20(34(32,33)30-13-5-7-19-6-1-2-8-23(19)30)18-21(22)25(31)29-16-14-28(15-17-29)24-9-3-4-12-27-24/h1-4,6,8-12,18H,5,7,13-17H2. The number of aryl methyl sites for hydroxylation is 1. The van der Waals surface area contributed by atoms with Crippen LogP contribution in [0.5, 0.6) is 0 Å². The Hall–Kier alpha value is -3.10. The van der Waals surface area contributed by atoms with Gasteiger partial charge >= 0.3 is 0 Å². The Balaban J connectivity index is 1.38. The van der Waals surface area contributed by atoms with Gasteiger partial charge in [-0.05, 0) is 54.8 Å². The Morgan fingerprint density at radius 3 is 2.44 bits per heavy atom. The van der Waals surface area contributed by atoms with E-state index in [-0.39, 0.29) is 21.4 Å². The molecule has 176 valence electrons. The largest absolute Gasteiger partial charge is 0.353 e. The zero-order chi connectivity index (χ0) is 23.7. The molecule has 3 aromatic rings. The minimum absolute atomic E-state index is 0.0732. The van der Waals surface area contributed by atoms with Crippen LogP contribution in [0.15, 0.2) is 71.8 Å². The van der Waals surface area contributed by atoms with E-state index in [9.17, 15) is 13.2 Å². The van der Waals surface area contributed by atoms with Crippen molar-refractivity contribution in [3.63, 3.8) is 0 Å². The fourth-order valence-electron chi connectivity index (χ4n) is 4.55. The molecule has 0 unspecified atom stereocenters. The van der Waals surface area contributed by atoms with Gasteiger partial charge < -0.3 is 9.80 Å². The average Bonchev–Trinajstić information content (AvgIpc) is 2.88. The first-order chi connectivity index (χ1) is 16.4. The van der Waals surface area contributed by atoms with Gasteiger partial charge in [0.1, 0.15) is 5.82 Å². The van der Waals surface area contributed by atoms with Crippen LogP contribution >= 0.6 is 11.6 Å². The van der Waals surface area contributed by atoms with E-state index in [0.717, 1.165) is 24.2 Å². The number of hydrogen-bond donors (Lipinski definition) is 0. The van der Waals surface area contributed by atoms with Crippen molar-refractivity contribution in [2.75, 3.05) is 41.9 Å². The third-order valence-electron chi connectivity index (χ3n) is 6.36. The van der Waals surface area contributed by atoms with Crippen molar-refractivity contribution in [3.8, 4) is 0 Å². The van der Waals surface area contributed by atoms with Crippen molar-refractivity contribution in [1.82, 2.24) is 9.88 Å². The van der Waals surface area contributed by atoms with Crippen LogP contribution in [0.1, 0.15) is 22.3 Å². The molecule has 5 rings (SSSR count). The highest BCUT2D eigenvalue weighted by atomic mass is 35.5. The third-order valence-corrected chi connectivity index (χ3v) is 8.50. The number of carbonyl (C=O) groups is 1. The van der Waals surface area contributed by atoms with E-state index < -0.39 is 10.0 Å². The maximum absolute atomic E-state index is 13.6. The van der Waals surface area contributed by atoms with Crippen LogP contribution in [-0.4, -0.2) is 56.9 Å². The van der Waals surface area contributed by atoms with Gasteiger partial charge in [-0.2, -0.15) is 0 Å². The summed E-state index contributed by atoms with van der Waals surface area (Å²) >= 11 is 6.38. The number of anilines is 2. The van der Waals surface area contributed by atoms with E-state index in [4.69, 9.17) is 11.6 Å². The van der Waals surface area contributed by atoms with Crippen LogP contribution in [0.3, 0.4) is 0 Å². The molecule has 0 aliphatic carbocycles. The number of para-hydroxylation sites is 1. The lowest BCUT2D eigenvalue weighted by molar-refractivity contribution is 0.0746. The molecule has 0 spiro atoms. The number of piperazine rings is 1. The summed E-state index contributed by atoms with van der Waals surface area (Å²) in [5.41, 5.74) is 1.91. The predicted molar refractivity (Wildman–Crippen MR) is 133 cm³/mol. The monoisotopic (exact) mass is 496 g/mol. The Bertz CT molecular complexity index is 1310. The SMILES string of the molecule is O=C(c1cc(S(=O)(=O)N2CCCc3ccccc32)ccc1Cl)N1CCN(c2ccccn2)CC1. The Kier molecular flexibility index (Phi) is 6.18. The number of halogens is 1. The maximum atomic E-state index is 13.6. The molecule has 34 heavy (non-hydrogen) atoms. The van der Waals surface area contributed by atoms with E-state index >= 15 is 0 Å². The van der Waals surface area contributed by atoms with E-state index in [2.05, 4.69) is 9.88 Å². The summed E-state index contributed by atoms with van der Waals surface area (Å²) in [6, 6.07) is 17.7. The minimum atomic E-state index is -3.84. The summed E-state index contributed by atoms with van der Waals surface area (Å²) < 4.78 is 28.6. The van der Waals surface area contributed by atoms with E-state index in [1.807, 2.05) is 42.5 Å². The fraction of sp³-hybridized carbons (Fsp3) is 0.280. The lowest BCUT2D eigenvalue weighted by atomic mass is 10.0. The Labute approximate surface area is 204 Å². The van der Waals surface area contributed by atoms with Crippen LogP contribution in [0.4, 0.5) is 11.5 Å². The molecule has 9 heteroatoms. The highest BCUT2D eigenvalue weighted by molar-refractivity contribution is 7.92. The van der Waals surface area contributed by atoms with Crippen LogP contribution in [0.25, 0.3) is 0 Å². The van der Waals surface area contributed by atoms with Crippen molar-refractivity contribution in [1.29, 1.82) is 0 Å². The molecular weight excluding hydrogens is 472 g/mol. The lowest BCUT2D eigenvalue weighted by Gasteiger charge is -2.35. The molecule has 0 radical (unpaired) electrons. The molecule has 0 N–H and O–H groups in total. The second kappa shape index (κ2) is 9.27. The molecule has 1 saturated heterocycles. The number of fused-ring (bicyclic) bond motifs is 1. The minimum Gasteiger partial charge on any atom is -0.353 e. The summed E-state index contributed by atoms with van der Waals surface area (Å²) in [5, 5.41) is 0.246. The van der Waals surface area contributed by atoms with Crippen LogP contribution in [-0.2, 0) is 16.4 Å². The number of benzene rings is 2. The first-order valence-corrected chi connectivity index (χ1v) is 13.1. The number of hydrogen-bond acceptors (Lipinski definition) is 5. The highest BCUT2D eigenvalue weighted by Gasteiger charge is 2.31. The lowest BCUT2D eigenvalue weighted by Crippen LogP contribution is -2.49. The molecule has 1 aromatic heterocycles. The molecule has 2 aliphatic rings. The van der Waals surface area contributed by atoms with E-state index in [1.54, 1.807) is 11.1 Å². The second-order valence-electron chi connectivity index (χ2n) is 8.42. The molecular formula is C25H25ClN4O3S. The van der Waals surface area contributed by atoms with Crippen molar-refractivity contribution in [2.24, 2.45) is 0 Å². The van der Waals surface area contributed by atoms with Gasteiger partial charge in [0.25, 0.3) is 15.9 Å². The normalized spacial score (nSPS) is 16.3. The highest BCUT2D eigenvalue weighted by Crippen LogP contribution is 2.33. The maximum Gasteiger partial charge on any atom is 0.264 e.